The number of benzene rings is 2. The molecule has 28 heavy (non-hydrogen) atoms. The molecule has 0 aliphatic carbocycles. The molecular weight excluding hydrogens is 348 g/mol. The minimum Gasteiger partial charge on any atom is -0.320 e. The van der Waals surface area contributed by atoms with E-state index in [9.17, 15) is 4.79 Å². The third-order valence-corrected chi connectivity index (χ3v) is 5.41. The fourth-order valence-electron chi connectivity index (χ4n) is 3.68. The average molecular weight is 372 g/mol. The van der Waals surface area contributed by atoms with Gasteiger partial charge in [0.1, 0.15) is 5.36 Å². The summed E-state index contributed by atoms with van der Waals surface area (Å²) in [6.45, 7) is 10.3. The quantitative estimate of drug-likeness (QED) is 0.765. The van der Waals surface area contributed by atoms with Gasteiger partial charge in [0.15, 0.2) is 5.82 Å². The molecule has 5 heteroatoms. The first-order chi connectivity index (χ1) is 13.4. The number of anilines is 2. The van der Waals surface area contributed by atoms with Crippen molar-refractivity contribution in [2.24, 2.45) is 4.99 Å². The topological polar surface area (TPSA) is 61.4 Å². The van der Waals surface area contributed by atoms with E-state index in [0.717, 1.165) is 24.2 Å². The van der Waals surface area contributed by atoms with E-state index >= 15 is 0 Å². The molecule has 5 nitrogen and oxygen atoms in total. The molecule has 2 heterocycles. The molecule has 1 N–H and O–H groups in total. The van der Waals surface area contributed by atoms with E-state index < -0.39 is 5.69 Å². The lowest BCUT2D eigenvalue weighted by Crippen LogP contribution is -2.45. The lowest BCUT2D eigenvalue weighted by atomic mass is 10.0. The van der Waals surface area contributed by atoms with Crippen molar-refractivity contribution in [3.63, 3.8) is 0 Å². The molecule has 1 aliphatic rings. The van der Waals surface area contributed by atoms with Crippen LogP contribution in [-0.2, 0) is 6.42 Å². The number of aromatic nitrogens is 2. The van der Waals surface area contributed by atoms with E-state index in [1.165, 1.54) is 16.7 Å². The van der Waals surface area contributed by atoms with Crippen LogP contribution in [0.1, 0.15) is 30.0 Å². The van der Waals surface area contributed by atoms with Crippen LogP contribution in [0.2, 0.25) is 0 Å². The molecule has 0 saturated heterocycles. The second kappa shape index (κ2) is 7.08. The largest absolute Gasteiger partial charge is 0.347 e. The Balaban J connectivity index is 1.82. The zero-order valence-corrected chi connectivity index (χ0v) is 16.5. The maximum absolute atomic E-state index is 12.1. The van der Waals surface area contributed by atoms with Crippen molar-refractivity contribution in [2.75, 3.05) is 4.90 Å². The van der Waals surface area contributed by atoms with E-state index in [1.807, 2.05) is 6.07 Å². The summed E-state index contributed by atoms with van der Waals surface area (Å²) in [5, 5.41) is 1.14. The van der Waals surface area contributed by atoms with Gasteiger partial charge in [0.05, 0.1) is 16.7 Å². The number of aryl methyl sites for hydroxylation is 3. The second-order valence-corrected chi connectivity index (χ2v) is 7.47. The van der Waals surface area contributed by atoms with Crippen LogP contribution in [0.4, 0.5) is 17.2 Å². The summed E-state index contributed by atoms with van der Waals surface area (Å²) in [6, 6.07) is 14.8. The van der Waals surface area contributed by atoms with Crippen molar-refractivity contribution in [3.05, 3.63) is 80.3 Å². The summed E-state index contributed by atoms with van der Waals surface area (Å²) >= 11 is 0. The van der Waals surface area contributed by atoms with Gasteiger partial charge in [-0.05, 0) is 62.4 Å². The van der Waals surface area contributed by atoms with E-state index in [0.29, 0.717) is 16.5 Å². The van der Waals surface area contributed by atoms with Crippen LogP contribution < -0.4 is 21.3 Å². The van der Waals surface area contributed by atoms with Gasteiger partial charge in [0.25, 0.3) is 0 Å². The van der Waals surface area contributed by atoms with Crippen molar-refractivity contribution in [2.45, 2.75) is 39.7 Å². The van der Waals surface area contributed by atoms with E-state index in [2.05, 4.69) is 78.6 Å². The van der Waals surface area contributed by atoms with Gasteiger partial charge in [-0.15, -0.1) is 0 Å². The van der Waals surface area contributed by atoms with Crippen molar-refractivity contribution in [3.8, 4) is 0 Å². The fraction of sp³-hybridized carbons (Fsp3) is 0.261. The highest BCUT2D eigenvalue weighted by atomic mass is 16.1. The number of aromatic amines is 1. The fourth-order valence-corrected chi connectivity index (χ4v) is 3.68. The molecule has 0 saturated carbocycles. The van der Waals surface area contributed by atoms with Gasteiger partial charge < -0.3 is 9.88 Å². The normalized spacial score (nSPS) is 13.5. The number of hydrogen-bond donors (Lipinski definition) is 1. The van der Waals surface area contributed by atoms with Crippen LogP contribution in [0.25, 0.3) is 6.58 Å². The zero-order chi connectivity index (χ0) is 19.8. The number of nitrogens with zero attached hydrogens (tertiary/aromatic N) is 3. The molecule has 1 atom stereocenters. The summed E-state index contributed by atoms with van der Waals surface area (Å²) in [4.78, 5) is 25.9. The molecule has 0 amide bonds. The van der Waals surface area contributed by atoms with Gasteiger partial charge in [-0.2, -0.15) is 4.98 Å². The number of fused-ring (bicyclic) bond motifs is 2. The van der Waals surface area contributed by atoms with Crippen LogP contribution >= 0.6 is 0 Å². The smallest absolute Gasteiger partial charge is 0.320 e. The first-order valence-electron chi connectivity index (χ1n) is 9.56. The Hall–Kier alpha value is -3.21. The van der Waals surface area contributed by atoms with Gasteiger partial charge in [0.2, 0.25) is 0 Å². The summed E-state index contributed by atoms with van der Waals surface area (Å²) in [7, 11) is 0. The van der Waals surface area contributed by atoms with Crippen LogP contribution in [0.15, 0.2) is 52.3 Å². The average Bonchev–Trinajstić information content (AvgIpc) is 2.67. The van der Waals surface area contributed by atoms with Gasteiger partial charge in [-0.3, -0.25) is 0 Å². The molecule has 142 valence electrons. The van der Waals surface area contributed by atoms with Crippen LogP contribution in [0.5, 0.6) is 0 Å². The SMILES string of the molecule is C=c1[nH]c(=O)nc2c1=Nc1cc(C)c(C)cc1N2C(C)CCc1ccccc1. The van der Waals surface area contributed by atoms with Crippen LogP contribution in [-0.4, -0.2) is 16.0 Å². The highest BCUT2D eigenvalue weighted by Crippen LogP contribution is 2.38. The van der Waals surface area contributed by atoms with Gasteiger partial charge in [-0.1, -0.05) is 36.9 Å². The Morgan fingerprint density at radius 1 is 1.14 bits per heavy atom. The number of H-pyrrole nitrogens is 1. The minimum atomic E-state index is -0.397. The van der Waals surface area contributed by atoms with E-state index in [4.69, 9.17) is 4.99 Å². The molecule has 0 radical (unpaired) electrons. The van der Waals surface area contributed by atoms with Crippen molar-refractivity contribution in [1.29, 1.82) is 0 Å². The standard InChI is InChI=1S/C23H24N4O/c1-14-12-19-20(13-15(14)2)27(16(3)10-11-18-8-6-5-7-9-18)22-21(25-19)17(4)24-23(28)26-22/h5-9,12-13,16H,4,10-11H2,1-3H3,(H,24,28). The van der Waals surface area contributed by atoms with Crippen molar-refractivity contribution in [1.82, 2.24) is 9.97 Å². The summed E-state index contributed by atoms with van der Waals surface area (Å²) in [6.07, 6.45) is 1.88. The predicted molar refractivity (Wildman–Crippen MR) is 113 cm³/mol. The van der Waals surface area contributed by atoms with Crippen LogP contribution in [0, 0.1) is 13.8 Å². The lowest BCUT2D eigenvalue weighted by molar-refractivity contribution is 0.634. The Morgan fingerprint density at radius 3 is 2.61 bits per heavy atom. The summed E-state index contributed by atoms with van der Waals surface area (Å²) in [5.74, 6) is 0.588. The predicted octanol–water partition coefficient (Wildman–Crippen LogP) is 3.22. The molecular formula is C23H24N4O. The van der Waals surface area contributed by atoms with E-state index in [-0.39, 0.29) is 6.04 Å². The van der Waals surface area contributed by atoms with E-state index in [1.54, 1.807) is 0 Å². The summed E-state index contributed by atoms with van der Waals surface area (Å²) in [5.41, 5.74) is 5.16. The molecule has 1 aliphatic heterocycles. The molecule has 1 aromatic heterocycles. The molecule has 3 aromatic rings. The molecule has 0 bridgehead atoms. The Labute approximate surface area is 164 Å². The second-order valence-electron chi connectivity index (χ2n) is 7.47. The zero-order valence-electron chi connectivity index (χ0n) is 16.5. The van der Waals surface area contributed by atoms with Gasteiger partial charge >= 0.3 is 5.69 Å². The maximum Gasteiger partial charge on any atom is 0.347 e. The Bertz CT molecular complexity index is 1200. The molecule has 4 rings (SSSR count). The highest BCUT2D eigenvalue weighted by molar-refractivity contribution is 5.77. The minimum absolute atomic E-state index is 0.143. The Morgan fingerprint density at radius 2 is 1.86 bits per heavy atom. The van der Waals surface area contributed by atoms with Crippen molar-refractivity contribution < 1.29 is 0 Å². The first-order valence-corrected chi connectivity index (χ1v) is 9.56. The molecule has 2 aromatic carbocycles. The third kappa shape index (κ3) is 3.24. The lowest BCUT2D eigenvalue weighted by Gasteiger charge is -2.34. The number of rotatable bonds is 4. The number of hydrogen-bond acceptors (Lipinski definition) is 4. The maximum atomic E-state index is 12.1. The van der Waals surface area contributed by atoms with Crippen molar-refractivity contribution >= 4 is 23.8 Å². The van der Waals surface area contributed by atoms with Crippen LogP contribution in [0.3, 0.4) is 0 Å². The molecule has 0 fully saturated rings. The summed E-state index contributed by atoms with van der Waals surface area (Å²) < 4.78 is 0. The molecule has 1 unspecified atom stereocenters. The van der Waals surface area contributed by atoms with Gasteiger partial charge in [-0.25, -0.2) is 9.79 Å². The highest BCUT2D eigenvalue weighted by Gasteiger charge is 2.26. The Kier molecular flexibility index (Phi) is 4.59. The third-order valence-electron chi connectivity index (χ3n) is 5.41. The monoisotopic (exact) mass is 372 g/mol. The van der Waals surface area contributed by atoms with Gasteiger partial charge in [0, 0.05) is 6.04 Å². The molecule has 0 spiro atoms. The first kappa shape index (κ1) is 18.2. The number of nitrogens with one attached hydrogen (secondary N) is 1.